The third-order valence-electron chi connectivity index (χ3n) is 1.95. The third kappa shape index (κ3) is 2.29. The zero-order valence-electron chi connectivity index (χ0n) is 8.40. The predicted octanol–water partition coefficient (Wildman–Crippen LogP) is 1.40. The summed E-state index contributed by atoms with van der Waals surface area (Å²) < 4.78 is 4.87. The molecular formula is C9H9ClN2O4. The number of carbonyl (C=O) groups excluding carboxylic acids is 1. The van der Waals surface area contributed by atoms with E-state index in [0.717, 1.165) is 6.07 Å². The van der Waals surface area contributed by atoms with Gasteiger partial charge in [-0.15, -0.1) is 0 Å². The largest absolute Gasteiger partial charge is 0.496 e. The first-order valence-corrected chi connectivity index (χ1v) is 4.64. The molecule has 1 rings (SSSR count). The van der Waals surface area contributed by atoms with Crippen molar-refractivity contribution < 1.29 is 14.5 Å². The number of nitrogens with zero attached hydrogens (tertiary/aromatic N) is 1. The van der Waals surface area contributed by atoms with Crippen molar-refractivity contribution in [2.45, 2.75) is 0 Å². The first kappa shape index (κ1) is 12.4. The van der Waals surface area contributed by atoms with Gasteiger partial charge in [0.05, 0.1) is 30.2 Å². The van der Waals surface area contributed by atoms with Crippen molar-refractivity contribution in [3.63, 3.8) is 0 Å². The summed E-state index contributed by atoms with van der Waals surface area (Å²) in [6.07, 6.45) is 0. The summed E-state index contributed by atoms with van der Waals surface area (Å²) in [6.45, 7) is -0.218. The van der Waals surface area contributed by atoms with Crippen molar-refractivity contribution in [2.24, 2.45) is 5.73 Å². The number of hydrogen-bond acceptors (Lipinski definition) is 5. The molecular weight excluding hydrogens is 236 g/mol. The minimum Gasteiger partial charge on any atom is -0.496 e. The van der Waals surface area contributed by atoms with E-state index in [9.17, 15) is 14.9 Å². The molecule has 0 aromatic heterocycles. The lowest BCUT2D eigenvalue weighted by Crippen LogP contribution is -2.14. The minimum absolute atomic E-state index is 0.0894. The van der Waals surface area contributed by atoms with Crippen LogP contribution in [0.5, 0.6) is 5.75 Å². The van der Waals surface area contributed by atoms with Crippen molar-refractivity contribution in [3.05, 3.63) is 32.8 Å². The summed E-state index contributed by atoms with van der Waals surface area (Å²) in [4.78, 5) is 21.3. The number of methoxy groups -OCH3 is 1. The first-order chi connectivity index (χ1) is 7.51. The average molecular weight is 245 g/mol. The van der Waals surface area contributed by atoms with Crippen LogP contribution < -0.4 is 10.5 Å². The molecule has 0 aliphatic rings. The molecule has 0 fully saturated rings. The fraction of sp³-hybridized carbons (Fsp3) is 0.222. The molecule has 0 bridgehead atoms. The number of ketones is 1. The number of nitro benzene ring substituents is 1. The van der Waals surface area contributed by atoms with Crippen molar-refractivity contribution in [2.75, 3.05) is 13.7 Å². The van der Waals surface area contributed by atoms with Crippen molar-refractivity contribution >= 4 is 23.1 Å². The number of hydrogen-bond donors (Lipinski definition) is 1. The normalized spacial score (nSPS) is 9.94. The van der Waals surface area contributed by atoms with Crippen LogP contribution >= 0.6 is 11.6 Å². The van der Waals surface area contributed by atoms with E-state index < -0.39 is 10.7 Å². The second kappa shape index (κ2) is 4.91. The van der Waals surface area contributed by atoms with E-state index in [1.807, 2.05) is 0 Å². The molecule has 0 saturated carbocycles. The van der Waals surface area contributed by atoms with Gasteiger partial charge in [0.2, 0.25) is 0 Å². The number of rotatable bonds is 4. The molecule has 1 aromatic rings. The van der Waals surface area contributed by atoms with Crippen LogP contribution in [0.4, 0.5) is 5.69 Å². The Balaban J connectivity index is 3.37. The monoisotopic (exact) mass is 244 g/mol. The van der Waals surface area contributed by atoms with Gasteiger partial charge in [-0.3, -0.25) is 14.9 Å². The molecule has 0 aliphatic carbocycles. The molecule has 16 heavy (non-hydrogen) atoms. The minimum atomic E-state index is -0.651. The zero-order valence-corrected chi connectivity index (χ0v) is 9.15. The van der Waals surface area contributed by atoms with Crippen LogP contribution in [-0.2, 0) is 0 Å². The molecule has 0 saturated heterocycles. The number of benzene rings is 1. The van der Waals surface area contributed by atoms with Crippen molar-refractivity contribution in [3.8, 4) is 5.75 Å². The Morgan fingerprint density at radius 2 is 2.25 bits per heavy atom. The topological polar surface area (TPSA) is 95.5 Å². The summed E-state index contributed by atoms with van der Waals surface area (Å²) >= 11 is 5.66. The Hall–Kier alpha value is -1.66. The van der Waals surface area contributed by atoms with Crippen LogP contribution in [0.1, 0.15) is 10.4 Å². The second-order valence-corrected chi connectivity index (χ2v) is 3.30. The smallest absolute Gasteiger partial charge is 0.291 e. The highest BCUT2D eigenvalue weighted by atomic mass is 35.5. The van der Waals surface area contributed by atoms with Crippen LogP contribution in [0.25, 0.3) is 0 Å². The molecule has 0 spiro atoms. The standard InChI is InChI=1S/C9H9ClN2O4/c1-16-9-3-7(12(14)15)6(10)2-5(9)8(13)4-11/h2-3H,4,11H2,1H3. The fourth-order valence-corrected chi connectivity index (χ4v) is 1.41. The summed E-state index contributed by atoms with van der Waals surface area (Å²) in [7, 11) is 1.31. The molecule has 6 nitrogen and oxygen atoms in total. The van der Waals surface area contributed by atoms with Gasteiger partial charge in [0.25, 0.3) is 5.69 Å². The summed E-state index contributed by atoms with van der Waals surface area (Å²) in [5, 5.41) is 10.5. The summed E-state index contributed by atoms with van der Waals surface area (Å²) in [5.41, 5.74) is 5.02. The van der Waals surface area contributed by atoms with Crippen molar-refractivity contribution in [1.29, 1.82) is 0 Å². The number of halogens is 1. The van der Waals surface area contributed by atoms with Crippen LogP contribution in [-0.4, -0.2) is 24.4 Å². The number of nitrogens with two attached hydrogens (primary N) is 1. The van der Waals surface area contributed by atoms with Gasteiger partial charge in [0.15, 0.2) is 5.78 Å². The lowest BCUT2D eigenvalue weighted by Gasteiger charge is -2.07. The van der Waals surface area contributed by atoms with Gasteiger partial charge in [0, 0.05) is 0 Å². The maximum Gasteiger partial charge on any atom is 0.291 e. The highest BCUT2D eigenvalue weighted by molar-refractivity contribution is 6.33. The van der Waals surface area contributed by atoms with E-state index in [-0.39, 0.29) is 28.6 Å². The third-order valence-corrected chi connectivity index (χ3v) is 2.25. The molecule has 0 aliphatic heterocycles. The molecule has 86 valence electrons. The Kier molecular flexibility index (Phi) is 3.81. The maximum atomic E-state index is 11.4. The van der Waals surface area contributed by atoms with E-state index in [1.165, 1.54) is 13.2 Å². The average Bonchev–Trinajstić information content (AvgIpc) is 2.27. The van der Waals surface area contributed by atoms with Crippen molar-refractivity contribution in [1.82, 2.24) is 0 Å². The Bertz CT molecular complexity index is 447. The van der Waals surface area contributed by atoms with Crippen LogP contribution in [0.15, 0.2) is 12.1 Å². The highest BCUT2D eigenvalue weighted by Gasteiger charge is 2.20. The van der Waals surface area contributed by atoms with Gasteiger partial charge in [-0.25, -0.2) is 0 Å². The van der Waals surface area contributed by atoms with Crippen LogP contribution in [0.3, 0.4) is 0 Å². The quantitative estimate of drug-likeness (QED) is 0.491. The van der Waals surface area contributed by atoms with Gasteiger partial charge >= 0.3 is 0 Å². The first-order valence-electron chi connectivity index (χ1n) is 4.26. The number of carbonyl (C=O) groups is 1. The molecule has 1 aromatic carbocycles. The molecule has 0 unspecified atom stereocenters. The molecule has 0 radical (unpaired) electrons. The van der Waals surface area contributed by atoms with Gasteiger partial charge in [-0.1, -0.05) is 11.6 Å². The van der Waals surface area contributed by atoms with E-state index in [1.54, 1.807) is 0 Å². The number of nitro groups is 1. The summed E-state index contributed by atoms with van der Waals surface area (Å²) in [5.74, 6) is -0.305. The molecule has 0 atom stereocenters. The Morgan fingerprint density at radius 1 is 1.62 bits per heavy atom. The number of Topliss-reactive ketones (excluding diaryl/α,β-unsaturated/α-hetero) is 1. The van der Waals surface area contributed by atoms with Gasteiger partial charge in [0.1, 0.15) is 10.8 Å². The van der Waals surface area contributed by atoms with Gasteiger partial charge < -0.3 is 10.5 Å². The van der Waals surface area contributed by atoms with E-state index in [0.29, 0.717) is 0 Å². The SMILES string of the molecule is COc1cc([N+](=O)[O-])c(Cl)cc1C(=O)CN. The molecule has 2 N–H and O–H groups in total. The van der Waals surface area contributed by atoms with Crippen LogP contribution in [0, 0.1) is 10.1 Å². The Labute approximate surface area is 96.1 Å². The fourth-order valence-electron chi connectivity index (χ4n) is 1.18. The molecule has 0 amide bonds. The van der Waals surface area contributed by atoms with E-state index in [2.05, 4.69) is 0 Å². The second-order valence-electron chi connectivity index (χ2n) is 2.89. The van der Waals surface area contributed by atoms with E-state index >= 15 is 0 Å². The predicted molar refractivity (Wildman–Crippen MR) is 58.0 cm³/mol. The van der Waals surface area contributed by atoms with Crippen LogP contribution in [0.2, 0.25) is 5.02 Å². The molecule has 7 heteroatoms. The van der Waals surface area contributed by atoms with Gasteiger partial charge in [-0.2, -0.15) is 0 Å². The lowest BCUT2D eigenvalue weighted by atomic mass is 10.1. The maximum absolute atomic E-state index is 11.4. The zero-order chi connectivity index (χ0) is 12.3. The Morgan fingerprint density at radius 3 is 2.69 bits per heavy atom. The molecule has 0 heterocycles. The summed E-state index contributed by atoms with van der Waals surface area (Å²) in [6, 6.07) is 2.29. The van der Waals surface area contributed by atoms with E-state index in [4.69, 9.17) is 22.1 Å². The van der Waals surface area contributed by atoms with Gasteiger partial charge in [-0.05, 0) is 6.07 Å². The lowest BCUT2D eigenvalue weighted by molar-refractivity contribution is -0.384. The highest BCUT2D eigenvalue weighted by Crippen LogP contribution is 2.32. The number of ether oxygens (including phenoxy) is 1.